The summed E-state index contributed by atoms with van der Waals surface area (Å²) in [6, 6.07) is -0.0278. The molecule has 1 aliphatic rings. The van der Waals surface area contributed by atoms with Crippen LogP contribution in [0.2, 0.25) is 0 Å². The Balaban J connectivity index is 2.53. The molecule has 1 aliphatic heterocycles. The first-order valence-corrected chi connectivity index (χ1v) is 4.07. The second-order valence-corrected chi connectivity index (χ2v) is 3.27. The highest BCUT2D eigenvalue weighted by Gasteiger charge is 2.34. The van der Waals surface area contributed by atoms with E-state index in [9.17, 15) is 0 Å². The summed E-state index contributed by atoms with van der Waals surface area (Å²) in [5, 5.41) is 0. The summed E-state index contributed by atoms with van der Waals surface area (Å²) in [7, 11) is 5.71. The fourth-order valence-corrected chi connectivity index (χ4v) is 1.56. The number of ether oxygens (including phenoxy) is 1. The van der Waals surface area contributed by atoms with Crippen LogP contribution < -0.4 is 0 Å². The molecule has 1 nitrogen and oxygen atoms in total. The van der Waals surface area contributed by atoms with Gasteiger partial charge in [-0.3, -0.25) is 0 Å². The van der Waals surface area contributed by atoms with Crippen molar-refractivity contribution in [2.75, 3.05) is 0 Å². The van der Waals surface area contributed by atoms with E-state index in [0.717, 1.165) is 6.42 Å². The van der Waals surface area contributed by atoms with Gasteiger partial charge in [0.05, 0.1) is 6.10 Å². The lowest BCUT2D eigenvalue weighted by Gasteiger charge is -2.13. The Morgan fingerprint density at radius 1 is 1.30 bits per heavy atom. The number of rotatable bonds is 1. The maximum absolute atomic E-state index is 5.71. The molecule has 2 heteroatoms. The molecule has 0 N–H and O–H groups in total. The van der Waals surface area contributed by atoms with Gasteiger partial charge in [-0.1, -0.05) is 20.8 Å². The molecular weight excluding hydrogens is 123 g/mol. The topological polar surface area (TPSA) is 9.23 Å². The van der Waals surface area contributed by atoms with Crippen molar-refractivity contribution in [3.05, 3.63) is 0 Å². The van der Waals surface area contributed by atoms with Crippen LogP contribution in [0, 0.1) is 11.8 Å². The molecule has 0 spiro atoms. The average Bonchev–Trinajstić information content (AvgIpc) is 2.17. The summed E-state index contributed by atoms with van der Waals surface area (Å²) in [5.74, 6) is 1.14. The van der Waals surface area contributed by atoms with Crippen LogP contribution in [-0.2, 0) is 4.74 Å². The minimum Gasteiger partial charge on any atom is -0.384 e. The van der Waals surface area contributed by atoms with Gasteiger partial charge in [0.1, 0.15) is 7.85 Å². The lowest BCUT2D eigenvalue weighted by molar-refractivity contribution is 0.0698. The monoisotopic (exact) mass is 138 g/mol. The summed E-state index contributed by atoms with van der Waals surface area (Å²) in [6.07, 6.45) is 1.48. The normalized spacial score (nSPS) is 47.9. The molecule has 1 fully saturated rings. The zero-order valence-electron chi connectivity index (χ0n) is 7.00. The molecule has 1 rings (SSSR count). The van der Waals surface area contributed by atoms with Crippen LogP contribution >= 0.6 is 0 Å². The van der Waals surface area contributed by atoms with E-state index in [-0.39, 0.29) is 6.00 Å². The Bertz CT molecular complexity index is 116. The summed E-state index contributed by atoms with van der Waals surface area (Å²) < 4.78 is 5.51. The molecule has 0 amide bonds. The molecule has 10 heavy (non-hydrogen) atoms. The van der Waals surface area contributed by atoms with Crippen molar-refractivity contribution in [1.82, 2.24) is 0 Å². The Labute approximate surface area is 64.6 Å². The molecule has 1 saturated heterocycles. The second kappa shape index (κ2) is 2.95. The highest BCUT2D eigenvalue weighted by Crippen LogP contribution is 2.31. The van der Waals surface area contributed by atoms with Gasteiger partial charge in [-0.2, -0.15) is 0 Å². The molecule has 56 valence electrons. The minimum atomic E-state index is -0.0278. The van der Waals surface area contributed by atoms with Crippen LogP contribution in [-0.4, -0.2) is 20.0 Å². The Hall–Kier alpha value is 0.0249. The van der Waals surface area contributed by atoms with E-state index >= 15 is 0 Å². The first kappa shape index (κ1) is 8.12. The van der Waals surface area contributed by atoms with Crippen molar-refractivity contribution in [1.29, 1.82) is 0 Å². The maximum Gasteiger partial charge on any atom is 0.109 e. The molecule has 0 aromatic rings. The van der Waals surface area contributed by atoms with E-state index in [1.165, 1.54) is 0 Å². The van der Waals surface area contributed by atoms with Crippen molar-refractivity contribution < 1.29 is 4.74 Å². The van der Waals surface area contributed by atoms with E-state index in [2.05, 4.69) is 20.8 Å². The van der Waals surface area contributed by atoms with E-state index in [4.69, 9.17) is 12.6 Å². The van der Waals surface area contributed by atoms with E-state index in [0.29, 0.717) is 17.9 Å². The molecule has 0 aliphatic carbocycles. The third kappa shape index (κ3) is 1.22. The van der Waals surface area contributed by atoms with Gasteiger partial charge in [0.15, 0.2) is 0 Å². The summed E-state index contributed by atoms with van der Waals surface area (Å²) in [6.45, 7) is 6.52. The number of hydrogen-bond donors (Lipinski definition) is 0. The molecule has 0 aromatic heterocycles. The van der Waals surface area contributed by atoms with Crippen LogP contribution in [0.15, 0.2) is 0 Å². The van der Waals surface area contributed by atoms with Gasteiger partial charge in [-0.25, -0.2) is 0 Å². The van der Waals surface area contributed by atoms with Crippen molar-refractivity contribution in [3.63, 3.8) is 0 Å². The summed E-state index contributed by atoms with van der Waals surface area (Å²) in [5.41, 5.74) is 0. The molecule has 2 unspecified atom stereocenters. The van der Waals surface area contributed by atoms with Crippen molar-refractivity contribution in [3.8, 4) is 0 Å². The van der Waals surface area contributed by atoms with Crippen LogP contribution in [0.25, 0.3) is 0 Å². The molecular formula is C8H15BO. The Morgan fingerprint density at radius 3 is 2.10 bits per heavy atom. The van der Waals surface area contributed by atoms with Crippen LogP contribution in [0.3, 0.4) is 0 Å². The summed E-state index contributed by atoms with van der Waals surface area (Å²) >= 11 is 0. The smallest absolute Gasteiger partial charge is 0.109 e. The Kier molecular flexibility index (Phi) is 2.40. The van der Waals surface area contributed by atoms with Gasteiger partial charge in [0, 0.05) is 6.00 Å². The van der Waals surface area contributed by atoms with Gasteiger partial charge in [0.2, 0.25) is 0 Å². The molecule has 1 heterocycles. The van der Waals surface area contributed by atoms with Crippen molar-refractivity contribution in [2.45, 2.75) is 39.3 Å². The van der Waals surface area contributed by atoms with Crippen LogP contribution in [0.1, 0.15) is 27.2 Å². The zero-order chi connectivity index (χ0) is 7.72. The van der Waals surface area contributed by atoms with Gasteiger partial charge in [0.25, 0.3) is 0 Å². The third-order valence-electron chi connectivity index (χ3n) is 2.67. The predicted molar refractivity (Wildman–Crippen MR) is 43.0 cm³/mol. The van der Waals surface area contributed by atoms with Gasteiger partial charge in [-0.05, 0) is 18.3 Å². The van der Waals surface area contributed by atoms with Crippen molar-refractivity contribution >= 4 is 7.85 Å². The second-order valence-electron chi connectivity index (χ2n) is 3.27. The Morgan fingerprint density at radius 2 is 1.90 bits per heavy atom. The molecule has 0 bridgehead atoms. The van der Waals surface area contributed by atoms with Gasteiger partial charge in [-0.15, -0.1) is 0 Å². The first-order chi connectivity index (χ1) is 4.66. The van der Waals surface area contributed by atoms with Crippen LogP contribution in [0.4, 0.5) is 0 Å². The van der Waals surface area contributed by atoms with E-state index < -0.39 is 0 Å². The lowest BCUT2D eigenvalue weighted by atomic mass is 9.81. The molecule has 0 aromatic carbocycles. The van der Waals surface area contributed by atoms with E-state index in [1.807, 2.05) is 0 Å². The maximum atomic E-state index is 5.71. The number of hydrogen-bond acceptors (Lipinski definition) is 1. The largest absolute Gasteiger partial charge is 0.384 e. The van der Waals surface area contributed by atoms with E-state index in [1.54, 1.807) is 0 Å². The quantitative estimate of drug-likeness (QED) is 0.499. The summed E-state index contributed by atoms with van der Waals surface area (Å²) in [4.78, 5) is 0. The zero-order valence-corrected chi connectivity index (χ0v) is 7.00. The highest BCUT2D eigenvalue weighted by atomic mass is 16.5. The average molecular weight is 138 g/mol. The minimum absolute atomic E-state index is 0.0278. The van der Waals surface area contributed by atoms with Gasteiger partial charge >= 0.3 is 0 Å². The molecule has 0 saturated carbocycles. The van der Waals surface area contributed by atoms with Gasteiger partial charge < -0.3 is 4.74 Å². The molecule has 2 radical (unpaired) electrons. The fourth-order valence-electron chi connectivity index (χ4n) is 1.56. The van der Waals surface area contributed by atoms with Crippen molar-refractivity contribution in [2.24, 2.45) is 11.8 Å². The molecule has 4 atom stereocenters. The first-order valence-electron chi connectivity index (χ1n) is 4.07. The SMILES string of the molecule is [B][C@@H]1OC(CC)C(C)[C@@H]1C. The third-order valence-corrected chi connectivity index (χ3v) is 2.67. The standard InChI is InChI=1S/C8H15BO/c1-4-7-5(2)6(3)8(9)10-7/h5-8H,4H2,1-3H3/t5?,6-,7?,8+/m0/s1. The lowest BCUT2D eigenvalue weighted by Crippen LogP contribution is -2.15. The highest BCUT2D eigenvalue weighted by molar-refractivity contribution is 6.11. The van der Waals surface area contributed by atoms with Crippen LogP contribution in [0.5, 0.6) is 0 Å². The predicted octanol–water partition coefficient (Wildman–Crippen LogP) is 1.56. The fraction of sp³-hybridized carbons (Fsp3) is 1.00.